The number of aryl methyl sites for hydroxylation is 2. The number of thiazole rings is 1. The van der Waals surface area contributed by atoms with E-state index in [1.807, 2.05) is 26.0 Å². The standard InChI is InChI=1S/C21H16N4O6S/c1-12-5-6-18-19(13(12)2)22-21(32-18)23(11-17-4-3-7-31-17)20(26)14-8-15(24(27)28)10-16(9-14)25(29)30/h3-10H,11H2,1-2H3. The number of anilines is 1. The van der Waals surface area contributed by atoms with Crippen molar-refractivity contribution in [3.05, 3.63) is 91.4 Å². The maximum absolute atomic E-state index is 13.5. The number of hydrogen-bond donors (Lipinski definition) is 0. The molecule has 1 amide bonds. The van der Waals surface area contributed by atoms with Crippen LogP contribution in [0, 0.1) is 34.1 Å². The first-order chi connectivity index (χ1) is 15.2. The van der Waals surface area contributed by atoms with Crippen LogP contribution in [0.4, 0.5) is 16.5 Å². The molecule has 0 aliphatic rings. The molecule has 0 saturated carbocycles. The third-order valence-electron chi connectivity index (χ3n) is 5.01. The summed E-state index contributed by atoms with van der Waals surface area (Å²) in [5.74, 6) is -0.202. The second-order valence-corrected chi connectivity index (χ2v) is 8.08. The zero-order valence-corrected chi connectivity index (χ0v) is 17.8. The van der Waals surface area contributed by atoms with Gasteiger partial charge >= 0.3 is 0 Å². The number of furan rings is 1. The Morgan fingerprint density at radius 1 is 1.09 bits per heavy atom. The van der Waals surface area contributed by atoms with Gasteiger partial charge in [0.25, 0.3) is 17.3 Å². The zero-order valence-electron chi connectivity index (χ0n) is 17.0. The molecule has 2 aromatic carbocycles. The monoisotopic (exact) mass is 452 g/mol. The van der Waals surface area contributed by atoms with Crippen LogP contribution in [0.1, 0.15) is 27.2 Å². The molecule has 0 spiro atoms. The highest BCUT2D eigenvalue weighted by Crippen LogP contribution is 2.34. The fourth-order valence-electron chi connectivity index (χ4n) is 3.20. The minimum Gasteiger partial charge on any atom is -0.467 e. The molecule has 2 heterocycles. The van der Waals surface area contributed by atoms with Gasteiger partial charge in [-0.2, -0.15) is 0 Å². The molecule has 0 bridgehead atoms. The molecule has 11 heteroatoms. The fourth-order valence-corrected chi connectivity index (χ4v) is 4.22. The van der Waals surface area contributed by atoms with E-state index in [0.717, 1.165) is 39.5 Å². The number of fused-ring (bicyclic) bond motifs is 1. The van der Waals surface area contributed by atoms with Crippen molar-refractivity contribution in [1.82, 2.24) is 4.98 Å². The third kappa shape index (κ3) is 3.93. The van der Waals surface area contributed by atoms with Crippen molar-refractivity contribution in [3.63, 3.8) is 0 Å². The number of hydrogen-bond acceptors (Lipinski definition) is 8. The van der Waals surface area contributed by atoms with Gasteiger partial charge in [0.2, 0.25) is 0 Å². The number of nitro groups is 2. The normalized spacial score (nSPS) is 10.9. The molecule has 0 aliphatic heterocycles. The van der Waals surface area contributed by atoms with Crippen LogP contribution in [0.15, 0.2) is 53.1 Å². The number of nitro benzene ring substituents is 2. The van der Waals surface area contributed by atoms with Crippen molar-refractivity contribution < 1.29 is 19.1 Å². The summed E-state index contributed by atoms with van der Waals surface area (Å²) >= 11 is 1.28. The largest absolute Gasteiger partial charge is 0.467 e. The van der Waals surface area contributed by atoms with Gasteiger partial charge in [0.05, 0.1) is 44.5 Å². The Morgan fingerprint density at radius 2 is 1.78 bits per heavy atom. The summed E-state index contributed by atoms with van der Waals surface area (Å²) in [5.41, 5.74) is 1.48. The van der Waals surface area contributed by atoms with E-state index in [1.165, 1.54) is 22.5 Å². The Bertz CT molecular complexity index is 1330. The molecule has 0 radical (unpaired) electrons. The Balaban J connectivity index is 1.84. The second kappa shape index (κ2) is 8.19. The van der Waals surface area contributed by atoms with Crippen molar-refractivity contribution >= 4 is 44.0 Å². The van der Waals surface area contributed by atoms with Crippen LogP contribution in [-0.2, 0) is 6.54 Å². The van der Waals surface area contributed by atoms with Crippen molar-refractivity contribution in [2.24, 2.45) is 0 Å². The molecule has 0 fully saturated rings. The molecule has 162 valence electrons. The lowest BCUT2D eigenvalue weighted by Crippen LogP contribution is -2.30. The number of amides is 1. The highest BCUT2D eigenvalue weighted by molar-refractivity contribution is 7.22. The smallest absolute Gasteiger partial charge is 0.277 e. The van der Waals surface area contributed by atoms with E-state index in [9.17, 15) is 25.0 Å². The summed E-state index contributed by atoms with van der Waals surface area (Å²) in [7, 11) is 0. The highest BCUT2D eigenvalue weighted by Gasteiger charge is 2.27. The molecule has 10 nitrogen and oxygen atoms in total. The number of aromatic nitrogens is 1. The Morgan fingerprint density at radius 3 is 2.38 bits per heavy atom. The van der Waals surface area contributed by atoms with Gasteiger partial charge in [-0.3, -0.25) is 29.9 Å². The predicted molar refractivity (Wildman–Crippen MR) is 118 cm³/mol. The van der Waals surface area contributed by atoms with Crippen LogP contribution in [0.25, 0.3) is 10.2 Å². The van der Waals surface area contributed by atoms with Crippen molar-refractivity contribution in [2.45, 2.75) is 20.4 Å². The number of benzene rings is 2. The molecular formula is C21H16N4O6S. The van der Waals surface area contributed by atoms with E-state index >= 15 is 0 Å². The van der Waals surface area contributed by atoms with Crippen LogP contribution < -0.4 is 4.90 Å². The average molecular weight is 452 g/mol. The van der Waals surface area contributed by atoms with Gasteiger partial charge in [-0.1, -0.05) is 17.4 Å². The zero-order chi connectivity index (χ0) is 23.0. The van der Waals surface area contributed by atoms with Gasteiger partial charge in [0.15, 0.2) is 5.13 Å². The minimum absolute atomic E-state index is 0.000173. The van der Waals surface area contributed by atoms with Crippen LogP contribution >= 0.6 is 11.3 Å². The molecule has 4 rings (SSSR count). The van der Waals surface area contributed by atoms with E-state index in [-0.39, 0.29) is 12.1 Å². The number of carbonyl (C=O) groups is 1. The number of non-ortho nitro benzene ring substituents is 2. The third-order valence-corrected chi connectivity index (χ3v) is 6.06. The molecule has 0 atom stereocenters. The van der Waals surface area contributed by atoms with E-state index in [2.05, 4.69) is 4.98 Å². The second-order valence-electron chi connectivity index (χ2n) is 7.07. The summed E-state index contributed by atoms with van der Waals surface area (Å²) in [6, 6.07) is 10.1. The SMILES string of the molecule is Cc1ccc2sc(N(Cc3ccco3)C(=O)c3cc([N+](=O)[O-])cc([N+](=O)[O-])c3)nc2c1C. The van der Waals surface area contributed by atoms with Gasteiger partial charge in [-0.15, -0.1) is 0 Å². The predicted octanol–water partition coefficient (Wildman–Crippen LogP) is 5.17. The first-order valence-electron chi connectivity index (χ1n) is 9.39. The van der Waals surface area contributed by atoms with Gasteiger partial charge < -0.3 is 4.42 Å². The molecule has 0 unspecified atom stereocenters. The number of rotatable bonds is 6. The Hall–Kier alpha value is -4.12. The van der Waals surface area contributed by atoms with E-state index in [1.54, 1.807) is 12.1 Å². The summed E-state index contributed by atoms with van der Waals surface area (Å²) in [6.07, 6.45) is 1.46. The maximum Gasteiger partial charge on any atom is 0.277 e. The quantitative estimate of drug-likeness (QED) is 0.291. The van der Waals surface area contributed by atoms with E-state index in [4.69, 9.17) is 4.42 Å². The van der Waals surface area contributed by atoms with Crippen molar-refractivity contribution in [1.29, 1.82) is 0 Å². The van der Waals surface area contributed by atoms with Crippen molar-refractivity contribution in [3.8, 4) is 0 Å². The molecule has 0 saturated heterocycles. The van der Waals surface area contributed by atoms with Crippen LogP contribution in [0.2, 0.25) is 0 Å². The Kier molecular flexibility index (Phi) is 5.41. The first kappa shape index (κ1) is 21.1. The number of carbonyl (C=O) groups excluding carboxylic acids is 1. The lowest BCUT2D eigenvalue weighted by Gasteiger charge is -2.18. The molecule has 0 aliphatic carbocycles. The lowest BCUT2D eigenvalue weighted by molar-refractivity contribution is -0.394. The summed E-state index contributed by atoms with van der Waals surface area (Å²) < 4.78 is 6.24. The van der Waals surface area contributed by atoms with Crippen LogP contribution in [0.3, 0.4) is 0 Å². The molecule has 4 aromatic rings. The van der Waals surface area contributed by atoms with Gasteiger partial charge in [-0.05, 0) is 43.2 Å². The summed E-state index contributed by atoms with van der Waals surface area (Å²) in [6.45, 7) is 3.89. The molecular weight excluding hydrogens is 436 g/mol. The van der Waals surface area contributed by atoms with Gasteiger partial charge in [-0.25, -0.2) is 4.98 Å². The topological polar surface area (TPSA) is 133 Å². The lowest BCUT2D eigenvalue weighted by atomic mass is 10.1. The maximum atomic E-state index is 13.5. The molecule has 32 heavy (non-hydrogen) atoms. The Labute approximate surface area is 185 Å². The molecule has 0 N–H and O–H groups in total. The number of nitrogens with zero attached hydrogens (tertiary/aromatic N) is 4. The van der Waals surface area contributed by atoms with Crippen LogP contribution in [-0.4, -0.2) is 20.7 Å². The molecule has 2 aromatic heterocycles. The van der Waals surface area contributed by atoms with Gasteiger partial charge in [0.1, 0.15) is 5.76 Å². The highest BCUT2D eigenvalue weighted by atomic mass is 32.1. The van der Waals surface area contributed by atoms with Crippen LogP contribution in [0.5, 0.6) is 0 Å². The first-order valence-corrected chi connectivity index (χ1v) is 10.2. The average Bonchev–Trinajstić information content (AvgIpc) is 3.43. The minimum atomic E-state index is -0.773. The van der Waals surface area contributed by atoms with E-state index < -0.39 is 27.1 Å². The summed E-state index contributed by atoms with van der Waals surface area (Å²) in [4.78, 5) is 40.4. The van der Waals surface area contributed by atoms with Gasteiger partial charge in [0, 0.05) is 12.1 Å². The summed E-state index contributed by atoms with van der Waals surface area (Å²) in [5, 5.41) is 22.9. The van der Waals surface area contributed by atoms with Crippen molar-refractivity contribution in [2.75, 3.05) is 4.90 Å². The van der Waals surface area contributed by atoms with E-state index in [0.29, 0.717) is 10.9 Å². The fraction of sp³-hybridized carbons (Fsp3) is 0.143.